The molecule has 2 N–H and O–H groups in total. The minimum absolute atomic E-state index is 0.0462. The Kier molecular flexibility index (Phi) is 4.98. The van der Waals surface area contributed by atoms with Crippen molar-refractivity contribution in [2.45, 2.75) is 13.5 Å². The number of carbonyl (C=O) groups excluding carboxylic acids is 1. The second-order valence-corrected chi connectivity index (χ2v) is 5.59. The summed E-state index contributed by atoms with van der Waals surface area (Å²) in [7, 11) is 0. The van der Waals surface area contributed by atoms with Crippen molar-refractivity contribution in [2.75, 3.05) is 5.32 Å². The molecule has 0 spiro atoms. The molecule has 0 aliphatic rings. The number of carboxylic acid groups (broad SMARTS) is 1. The maximum absolute atomic E-state index is 12.2. The minimum atomic E-state index is -1.24. The van der Waals surface area contributed by atoms with Crippen LogP contribution >= 0.6 is 0 Å². The Morgan fingerprint density at radius 1 is 1.12 bits per heavy atom. The third-order valence-electron chi connectivity index (χ3n) is 3.78. The number of aryl methyl sites for hydroxylation is 1. The van der Waals surface area contributed by atoms with Crippen molar-refractivity contribution in [3.8, 4) is 5.69 Å². The van der Waals surface area contributed by atoms with Crippen LogP contribution in [0.4, 0.5) is 10.6 Å². The van der Waals surface area contributed by atoms with Crippen molar-refractivity contribution in [3.05, 3.63) is 77.7 Å². The molecular formula is C19H17N3O4. The first kappa shape index (κ1) is 17.2. The zero-order valence-corrected chi connectivity index (χ0v) is 14.0. The highest BCUT2D eigenvalue weighted by Crippen LogP contribution is 2.23. The molecule has 1 heterocycles. The van der Waals surface area contributed by atoms with Crippen LogP contribution in [-0.4, -0.2) is 26.7 Å². The van der Waals surface area contributed by atoms with Crippen LogP contribution in [-0.2, 0) is 11.3 Å². The van der Waals surface area contributed by atoms with Gasteiger partial charge in [0.25, 0.3) is 0 Å². The van der Waals surface area contributed by atoms with Crippen LogP contribution in [0, 0.1) is 6.92 Å². The van der Waals surface area contributed by atoms with Crippen LogP contribution in [0.1, 0.15) is 21.6 Å². The van der Waals surface area contributed by atoms with Crippen molar-refractivity contribution in [3.63, 3.8) is 0 Å². The normalized spacial score (nSPS) is 10.3. The van der Waals surface area contributed by atoms with Gasteiger partial charge in [-0.05, 0) is 24.1 Å². The lowest BCUT2D eigenvalue weighted by molar-refractivity contribution is 0.0692. The van der Waals surface area contributed by atoms with Gasteiger partial charge in [-0.1, -0.05) is 48.5 Å². The number of carboxylic acids is 1. The van der Waals surface area contributed by atoms with Crippen molar-refractivity contribution >= 4 is 17.9 Å². The van der Waals surface area contributed by atoms with Crippen LogP contribution in [0.15, 0.2) is 60.9 Å². The molecule has 1 aromatic heterocycles. The Hall–Kier alpha value is -3.61. The Morgan fingerprint density at radius 3 is 2.50 bits per heavy atom. The highest BCUT2D eigenvalue weighted by molar-refractivity contribution is 5.96. The number of rotatable bonds is 5. The summed E-state index contributed by atoms with van der Waals surface area (Å²) in [5, 5.41) is 11.8. The number of aromatic nitrogens is 2. The van der Waals surface area contributed by atoms with Gasteiger partial charge in [0, 0.05) is 0 Å². The second-order valence-electron chi connectivity index (χ2n) is 5.59. The predicted octanol–water partition coefficient (Wildman–Crippen LogP) is 3.63. The second kappa shape index (κ2) is 7.52. The summed E-state index contributed by atoms with van der Waals surface area (Å²) in [6, 6.07) is 16.6. The molecule has 132 valence electrons. The van der Waals surface area contributed by atoms with E-state index in [-0.39, 0.29) is 18.1 Å². The standard InChI is InChI=1S/C19H17N3O4/c1-13-7-5-6-10-15(13)22-12-20-16(18(23)24)17(22)21-19(25)26-11-14-8-3-2-4-9-14/h2-10,12H,11H2,1H3,(H,21,25)(H,23,24). The van der Waals surface area contributed by atoms with Crippen LogP contribution in [0.25, 0.3) is 5.69 Å². The van der Waals surface area contributed by atoms with Gasteiger partial charge in [0.1, 0.15) is 12.9 Å². The number of ether oxygens (including phenoxy) is 1. The summed E-state index contributed by atoms with van der Waals surface area (Å²) >= 11 is 0. The average molecular weight is 351 g/mol. The molecule has 1 amide bonds. The minimum Gasteiger partial charge on any atom is -0.476 e. The van der Waals surface area contributed by atoms with Crippen LogP contribution < -0.4 is 5.32 Å². The number of nitrogens with zero attached hydrogens (tertiary/aromatic N) is 2. The monoisotopic (exact) mass is 351 g/mol. The number of imidazole rings is 1. The molecular weight excluding hydrogens is 334 g/mol. The highest BCUT2D eigenvalue weighted by atomic mass is 16.5. The molecule has 0 fully saturated rings. The molecule has 0 radical (unpaired) electrons. The van der Waals surface area contributed by atoms with Crippen LogP contribution in [0.5, 0.6) is 0 Å². The molecule has 2 aromatic carbocycles. The molecule has 0 atom stereocenters. The lowest BCUT2D eigenvalue weighted by atomic mass is 10.2. The molecule has 3 rings (SSSR count). The van der Waals surface area contributed by atoms with E-state index in [9.17, 15) is 14.7 Å². The van der Waals surface area contributed by atoms with Crippen molar-refractivity contribution in [1.82, 2.24) is 9.55 Å². The SMILES string of the molecule is Cc1ccccc1-n1cnc(C(=O)O)c1NC(=O)OCc1ccccc1. The predicted molar refractivity (Wildman–Crippen MR) is 95.5 cm³/mol. The van der Waals surface area contributed by atoms with E-state index in [1.54, 1.807) is 0 Å². The number of para-hydroxylation sites is 1. The fourth-order valence-corrected chi connectivity index (χ4v) is 2.50. The van der Waals surface area contributed by atoms with Crippen molar-refractivity contribution in [2.24, 2.45) is 0 Å². The molecule has 0 saturated heterocycles. The molecule has 0 aliphatic carbocycles. The molecule has 7 heteroatoms. The van der Waals surface area contributed by atoms with Gasteiger partial charge < -0.3 is 9.84 Å². The fraction of sp³-hybridized carbons (Fsp3) is 0.105. The number of hydrogen-bond acceptors (Lipinski definition) is 4. The van der Waals surface area contributed by atoms with Gasteiger partial charge in [0.2, 0.25) is 0 Å². The van der Waals surface area contributed by atoms with Gasteiger partial charge in [-0.15, -0.1) is 0 Å². The number of benzene rings is 2. The number of hydrogen-bond donors (Lipinski definition) is 2. The molecule has 0 bridgehead atoms. The van der Waals surface area contributed by atoms with E-state index in [4.69, 9.17) is 4.74 Å². The van der Waals surface area contributed by atoms with Gasteiger partial charge >= 0.3 is 12.1 Å². The lowest BCUT2D eigenvalue weighted by Crippen LogP contribution is -2.18. The quantitative estimate of drug-likeness (QED) is 0.732. The van der Waals surface area contributed by atoms with Gasteiger partial charge in [-0.3, -0.25) is 9.88 Å². The topological polar surface area (TPSA) is 93.5 Å². The van der Waals surface area contributed by atoms with E-state index in [0.29, 0.717) is 5.69 Å². The van der Waals surface area contributed by atoms with E-state index in [2.05, 4.69) is 10.3 Å². The molecule has 0 saturated carbocycles. The van der Waals surface area contributed by atoms with Crippen LogP contribution in [0.3, 0.4) is 0 Å². The molecule has 26 heavy (non-hydrogen) atoms. The van der Waals surface area contributed by atoms with E-state index in [1.807, 2.05) is 61.5 Å². The Balaban J connectivity index is 1.84. The number of anilines is 1. The van der Waals surface area contributed by atoms with E-state index >= 15 is 0 Å². The van der Waals surface area contributed by atoms with Gasteiger partial charge in [0.05, 0.1) is 5.69 Å². The third kappa shape index (κ3) is 3.72. The summed E-state index contributed by atoms with van der Waals surface area (Å²) in [4.78, 5) is 27.5. The van der Waals surface area contributed by atoms with Gasteiger partial charge in [0.15, 0.2) is 11.5 Å². The molecule has 0 aliphatic heterocycles. The summed E-state index contributed by atoms with van der Waals surface area (Å²) in [6.45, 7) is 1.96. The van der Waals surface area contributed by atoms with E-state index < -0.39 is 12.1 Å². The first-order chi connectivity index (χ1) is 12.6. The molecule has 0 unspecified atom stereocenters. The largest absolute Gasteiger partial charge is 0.476 e. The third-order valence-corrected chi connectivity index (χ3v) is 3.78. The average Bonchev–Trinajstić information content (AvgIpc) is 3.05. The summed E-state index contributed by atoms with van der Waals surface area (Å²) in [6.07, 6.45) is 0.602. The zero-order chi connectivity index (χ0) is 18.5. The smallest absolute Gasteiger partial charge is 0.413 e. The number of aromatic carboxylic acids is 1. The summed E-state index contributed by atoms with van der Waals surface area (Å²) < 4.78 is 6.69. The Labute approximate surface area is 149 Å². The first-order valence-electron chi connectivity index (χ1n) is 7.90. The fourth-order valence-electron chi connectivity index (χ4n) is 2.50. The number of amides is 1. The van der Waals surface area contributed by atoms with E-state index in [0.717, 1.165) is 11.1 Å². The van der Waals surface area contributed by atoms with Gasteiger partial charge in [-0.2, -0.15) is 0 Å². The van der Waals surface area contributed by atoms with Crippen molar-refractivity contribution in [1.29, 1.82) is 0 Å². The highest BCUT2D eigenvalue weighted by Gasteiger charge is 2.21. The Morgan fingerprint density at radius 2 is 1.81 bits per heavy atom. The molecule has 7 nitrogen and oxygen atoms in total. The summed E-state index contributed by atoms with van der Waals surface area (Å²) in [5.74, 6) is -1.19. The summed E-state index contributed by atoms with van der Waals surface area (Å²) in [5.41, 5.74) is 2.19. The maximum atomic E-state index is 12.2. The molecule has 3 aromatic rings. The van der Waals surface area contributed by atoms with E-state index in [1.165, 1.54) is 10.9 Å². The Bertz CT molecular complexity index is 935. The zero-order valence-electron chi connectivity index (χ0n) is 14.0. The van der Waals surface area contributed by atoms with Crippen molar-refractivity contribution < 1.29 is 19.4 Å². The number of carbonyl (C=O) groups is 2. The van der Waals surface area contributed by atoms with Crippen LogP contribution in [0.2, 0.25) is 0 Å². The number of nitrogens with one attached hydrogen (secondary N) is 1. The lowest BCUT2D eigenvalue weighted by Gasteiger charge is -2.12. The van der Waals surface area contributed by atoms with Gasteiger partial charge in [-0.25, -0.2) is 14.6 Å². The first-order valence-corrected chi connectivity index (χ1v) is 7.90. The maximum Gasteiger partial charge on any atom is 0.413 e.